The third-order valence-corrected chi connectivity index (χ3v) is 3.55. The highest BCUT2D eigenvalue weighted by molar-refractivity contribution is 6.06. The van der Waals surface area contributed by atoms with E-state index >= 15 is 0 Å². The molecule has 0 spiro atoms. The first-order valence-corrected chi connectivity index (χ1v) is 8.22. The molecule has 2 aromatic carbocycles. The predicted octanol–water partition coefficient (Wildman–Crippen LogP) is 3.94. The SMILES string of the molecule is COCCOc1ccc(C(F)(F)F)cc1NC(=O)c1cccc(NC(C)=O)c1. The van der Waals surface area contributed by atoms with E-state index in [0.717, 1.165) is 18.2 Å². The second kappa shape index (κ2) is 9.23. The molecule has 0 unspecified atom stereocenters. The Morgan fingerprint density at radius 3 is 2.43 bits per heavy atom. The van der Waals surface area contributed by atoms with E-state index in [1.54, 1.807) is 12.1 Å². The molecular weight excluding hydrogens is 377 g/mol. The molecule has 0 saturated carbocycles. The maximum Gasteiger partial charge on any atom is 0.416 e. The maximum absolute atomic E-state index is 13.0. The van der Waals surface area contributed by atoms with Crippen molar-refractivity contribution in [2.24, 2.45) is 0 Å². The van der Waals surface area contributed by atoms with Gasteiger partial charge in [-0.2, -0.15) is 13.2 Å². The summed E-state index contributed by atoms with van der Waals surface area (Å²) in [6.45, 7) is 1.65. The van der Waals surface area contributed by atoms with Gasteiger partial charge < -0.3 is 20.1 Å². The zero-order valence-electron chi connectivity index (χ0n) is 15.2. The monoisotopic (exact) mass is 396 g/mol. The fourth-order valence-corrected chi connectivity index (χ4v) is 2.30. The summed E-state index contributed by atoms with van der Waals surface area (Å²) in [4.78, 5) is 23.7. The molecule has 0 bridgehead atoms. The molecule has 0 heterocycles. The maximum atomic E-state index is 13.0. The van der Waals surface area contributed by atoms with Crippen molar-refractivity contribution >= 4 is 23.2 Å². The molecule has 9 heteroatoms. The highest BCUT2D eigenvalue weighted by Gasteiger charge is 2.31. The van der Waals surface area contributed by atoms with Crippen LogP contribution in [0.2, 0.25) is 0 Å². The van der Waals surface area contributed by atoms with Crippen molar-refractivity contribution in [3.05, 3.63) is 53.6 Å². The van der Waals surface area contributed by atoms with Crippen LogP contribution in [-0.4, -0.2) is 32.1 Å². The summed E-state index contributed by atoms with van der Waals surface area (Å²) in [5.74, 6) is -0.885. The summed E-state index contributed by atoms with van der Waals surface area (Å²) >= 11 is 0. The van der Waals surface area contributed by atoms with Crippen molar-refractivity contribution in [2.75, 3.05) is 31.0 Å². The average molecular weight is 396 g/mol. The van der Waals surface area contributed by atoms with Crippen LogP contribution in [0.1, 0.15) is 22.8 Å². The van der Waals surface area contributed by atoms with Gasteiger partial charge in [0.15, 0.2) is 0 Å². The molecule has 6 nitrogen and oxygen atoms in total. The lowest BCUT2D eigenvalue weighted by molar-refractivity contribution is -0.137. The number of nitrogens with one attached hydrogen (secondary N) is 2. The number of amides is 2. The van der Waals surface area contributed by atoms with Gasteiger partial charge in [0, 0.05) is 25.3 Å². The number of methoxy groups -OCH3 is 1. The number of carbonyl (C=O) groups excluding carboxylic acids is 2. The minimum Gasteiger partial charge on any atom is -0.489 e. The first-order chi connectivity index (χ1) is 13.2. The van der Waals surface area contributed by atoms with Crippen molar-refractivity contribution in [1.82, 2.24) is 0 Å². The van der Waals surface area contributed by atoms with Crippen LogP contribution in [0, 0.1) is 0 Å². The van der Waals surface area contributed by atoms with Gasteiger partial charge in [-0.1, -0.05) is 6.07 Å². The zero-order valence-corrected chi connectivity index (χ0v) is 15.2. The number of halogens is 3. The van der Waals surface area contributed by atoms with Crippen LogP contribution in [0.5, 0.6) is 5.75 Å². The van der Waals surface area contributed by atoms with E-state index in [1.807, 2.05) is 0 Å². The van der Waals surface area contributed by atoms with Gasteiger partial charge in [-0.3, -0.25) is 9.59 Å². The van der Waals surface area contributed by atoms with E-state index in [9.17, 15) is 22.8 Å². The Morgan fingerprint density at radius 2 is 1.79 bits per heavy atom. The van der Waals surface area contributed by atoms with Crippen LogP contribution in [-0.2, 0) is 15.7 Å². The van der Waals surface area contributed by atoms with Crippen LogP contribution in [0.4, 0.5) is 24.5 Å². The summed E-state index contributed by atoms with van der Waals surface area (Å²) in [5, 5.41) is 4.96. The molecule has 150 valence electrons. The molecule has 2 rings (SSSR count). The number of anilines is 2. The number of alkyl halides is 3. The van der Waals surface area contributed by atoms with Crippen LogP contribution in [0.3, 0.4) is 0 Å². The summed E-state index contributed by atoms with van der Waals surface area (Å²) in [5.41, 5.74) is -0.498. The fourth-order valence-electron chi connectivity index (χ4n) is 2.30. The third-order valence-electron chi connectivity index (χ3n) is 3.55. The van der Waals surface area contributed by atoms with Gasteiger partial charge in [0.2, 0.25) is 5.91 Å². The highest BCUT2D eigenvalue weighted by Crippen LogP contribution is 2.35. The van der Waals surface area contributed by atoms with Gasteiger partial charge in [-0.05, 0) is 36.4 Å². The fraction of sp³-hybridized carbons (Fsp3) is 0.263. The zero-order chi connectivity index (χ0) is 20.7. The van der Waals surface area contributed by atoms with Crippen LogP contribution >= 0.6 is 0 Å². The third kappa shape index (κ3) is 5.98. The number of hydrogen-bond acceptors (Lipinski definition) is 4. The number of benzene rings is 2. The lowest BCUT2D eigenvalue weighted by Crippen LogP contribution is -2.16. The van der Waals surface area contributed by atoms with Crippen molar-refractivity contribution in [2.45, 2.75) is 13.1 Å². The van der Waals surface area contributed by atoms with Crippen LogP contribution in [0.25, 0.3) is 0 Å². The lowest BCUT2D eigenvalue weighted by atomic mass is 10.1. The van der Waals surface area contributed by atoms with Crippen molar-refractivity contribution in [3.8, 4) is 5.75 Å². The first kappa shape index (κ1) is 21.2. The minimum absolute atomic E-state index is 0.0800. The molecule has 0 radical (unpaired) electrons. The molecule has 0 fully saturated rings. The van der Waals surface area contributed by atoms with Gasteiger partial charge in [0.1, 0.15) is 12.4 Å². The van der Waals surface area contributed by atoms with Crippen LogP contribution < -0.4 is 15.4 Å². The first-order valence-electron chi connectivity index (χ1n) is 8.22. The van der Waals surface area contributed by atoms with E-state index in [4.69, 9.17) is 9.47 Å². The summed E-state index contributed by atoms with van der Waals surface area (Å²) in [6.07, 6.45) is -4.57. The smallest absolute Gasteiger partial charge is 0.416 e. The predicted molar refractivity (Wildman–Crippen MR) is 97.5 cm³/mol. The van der Waals surface area contributed by atoms with Gasteiger partial charge in [-0.25, -0.2) is 0 Å². The summed E-state index contributed by atoms with van der Waals surface area (Å²) < 4.78 is 49.3. The molecule has 0 saturated heterocycles. The van der Waals surface area contributed by atoms with Gasteiger partial charge in [0.05, 0.1) is 17.9 Å². The average Bonchev–Trinajstić information content (AvgIpc) is 2.62. The Labute approximate surface area is 159 Å². The molecule has 0 atom stereocenters. The number of carbonyl (C=O) groups is 2. The molecule has 0 aliphatic rings. The Kier molecular flexibility index (Phi) is 7.00. The quantitative estimate of drug-likeness (QED) is 0.695. The second-order valence-corrected chi connectivity index (χ2v) is 5.77. The molecule has 2 amide bonds. The second-order valence-electron chi connectivity index (χ2n) is 5.77. The number of ether oxygens (including phenoxy) is 2. The molecule has 2 N–H and O–H groups in total. The van der Waals surface area contributed by atoms with Crippen molar-refractivity contribution < 1.29 is 32.2 Å². The van der Waals surface area contributed by atoms with Crippen LogP contribution in [0.15, 0.2) is 42.5 Å². The van der Waals surface area contributed by atoms with Crippen molar-refractivity contribution in [1.29, 1.82) is 0 Å². The van der Waals surface area contributed by atoms with E-state index < -0.39 is 17.6 Å². The Hall–Kier alpha value is -3.07. The largest absolute Gasteiger partial charge is 0.489 e. The van der Waals surface area contributed by atoms with E-state index in [0.29, 0.717) is 5.69 Å². The number of rotatable bonds is 7. The standard InChI is InChI=1S/C19H19F3N2O4/c1-12(25)23-15-5-3-4-13(10-15)18(26)24-16-11-14(19(20,21)22)6-7-17(16)28-9-8-27-2/h3-7,10-11H,8-9H2,1-2H3,(H,23,25)(H,24,26). The minimum atomic E-state index is -4.57. The van der Waals surface area contributed by atoms with Gasteiger partial charge in [0.25, 0.3) is 5.91 Å². The molecule has 0 aliphatic heterocycles. The highest BCUT2D eigenvalue weighted by atomic mass is 19.4. The lowest BCUT2D eigenvalue weighted by Gasteiger charge is -2.15. The van der Waals surface area contributed by atoms with E-state index in [2.05, 4.69) is 10.6 Å². The molecule has 0 aromatic heterocycles. The molecule has 0 aliphatic carbocycles. The molecule has 28 heavy (non-hydrogen) atoms. The summed E-state index contributed by atoms with van der Waals surface area (Å²) in [7, 11) is 1.46. The van der Waals surface area contributed by atoms with Gasteiger partial charge in [-0.15, -0.1) is 0 Å². The van der Waals surface area contributed by atoms with E-state index in [1.165, 1.54) is 26.2 Å². The number of hydrogen-bond donors (Lipinski definition) is 2. The topological polar surface area (TPSA) is 76.7 Å². The Morgan fingerprint density at radius 1 is 1.04 bits per heavy atom. The van der Waals surface area contributed by atoms with Gasteiger partial charge >= 0.3 is 6.18 Å². The Balaban J connectivity index is 2.28. The summed E-state index contributed by atoms with van der Waals surface area (Å²) in [6, 6.07) is 8.83. The molecular formula is C19H19F3N2O4. The normalized spacial score (nSPS) is 11.0. The Bertz CT molecular complexity index is 853. The van der Waals surface area contributed by atoms with E-state index in [-0.39, 0.29) is 36.1 Å². The molecule has 2 aromatic rings. The van der Waals surface area contributed by atoms with Crippen molar-refractivity contribution in [3.63, 3.8) is 0 Å².